The molecule has 0 saturated carbocycles. The molecule has 2 N–H and O–H groups in total. The van der Waals surface area contributed by atoms with Crippen LogP contribution in [0.5, 0.6) is 0 Å². The monoisotopic (exact) mass is 369 g/mol. The van der Waals surface area contributed by atoms with Gasteiger partial charge in [-0.2, -0.15) is 0 Å². The van der Waals surface area contributed by atoms with Crippen LogP contribution in [0.4, 0.5) is 5.69 Å². The molecule has 3 atom stereocenters. The minimum absolute atomic E-state index is 0.177. The predicted octanol–water partition coefficient (Wildman–Crippen LogP) is 3.49. The second kappa shape index (κ2) is 6.11. The van der Waals surface area contributed by atoms with Crippen LogP contribution in [0.15, 0.2) is 22.7 Å². The molecule has 0 unspecified atom stereocenters. The van der Waals surface area contributed by atoms with E-state index in [1.807, 2.05) is 6.07 Å². The number of hydrogen-bond acceptors (Lipinski definition) is 4. The minimum atomic E-state index is -0.177. The third-order valence-corrected chi connectivity index (χ3v) is 5.70. The summed E-state index contributed by atoms with van der Waals surface area (Å²) >= 11 is 3.54. The maximum absolute atomic E-state index is 6.47. The molecule has 0 aliphatic carbocycles. The number of benzene rings is 1. The first-order chi connectivity index (χ1) is 10.5. The summed E-state index contributed by atoms with van der Waals surface area (Å²) in [6.45, 7) is 1.29. The van der Waals surface area contributed by atoms with E-state index in [9.17, 15) is 0 Å². The van der Waals surface area contributed by atoms with Crippen molar-refractivity contribution in [2.24, 2.45) is 0 Å². The van der Waals surface area contributed by atoms with Gasteiger partial charge in [0.1, 0.15) is 0 Å². The van der Waals surface area contributed by atoms with Gasteiger partial charge in [-0.25, -0.2) is 0 Å². The van der Waals surface area contributed by atoms with Crippen molar-refractivity contribution in [3.8, 4) is 0 Å². The largest absolute Gasteiger partial charge is 0.398 e. The summed E-state index contributed by atoms with van der Waals surface area (Å²) < 4.78 is 18.4. The molecule has 1 aromatic rings. The lowest BCUT2D eigenvalue weighted by Gasteiger charge is -2.44. The Kier molecular flexibility index (Phi) is 4.52. The van der Waals surface area contributed by atoms with Crippen LogP contribution in [0.25, 0.3) is 0 Å². The van der Waals surface area contributed by atoms with Gasteiger partial charge in [-0.05, 0) is 65.2 Å². The normalized spacial score (nSPS) is 34.0. The third kappa shape index (κ3) is 2.92. The van der Waals surface area contributed by atoms with E-state index < -0.39 is 0 Å². The molecule has 2 saturated heterocycles. The summed E-state index contributed by atoms with van der Waals surface area (Å²) in [7, 11) is 3.50. The first-order valence-electron chi connectivity index (χ1n) is 7.74. The molecule has 22 heavy (non-hydrogen) atoms. The molecule has 2 fully saturated rings. The van der Waals surface area contributed by atoms with Gasteiger partial charge in [-0.3, -0.25) is 0 Å². The molecule has 4 nitrogen and oxygen atoms in total. The van der Waals surface area contributed by atoms with Crippen molar-refractivity contribution in [2.75, 3.05) is 33.2 Å². The molecule has 2 aliphatic heterocycles. The van der Waals surface area contributed by atoms with E-state index in [4.69, 9.17) is 19.9 Å². The summed E-state index contributed by atoms with van der Waals surface area (Å²) in [6.07, 6.45) is 4.05. The van der Waals surface area contributed by atoms with E-state index in [1.54, 1.807) is 14.2 Å². The van der Waals surface area contributed by atoms with Crippen molar-refractivity contribution < 1.29 is 14.2 Å². The van der Waals surface area contributed by atoms with E-state index >= 15 is 0 Å². The lowest BCUT2D eigenvalue weighted by molar-refractivity contribution is -0.184. The Morgan fingerprint density at radius 2 is 1.77 bits per heavy atom. The number of methoxy groups -OCH3 is 2. The third-order valence-electron chi connectivity index (χ3n) is 5.02. The van der Waals surface area contributed by atoms with Gasteiger partial charge in [0.15, 0.2) is 0 Å². The van der Waals surface area contributed by atoms with E-state index in [0.29, 0.717) is 19.1 Å². The zero-order valence-corrected chi connectivity index (χ0v) is 14.8. The molecule has 5 heteroatoms. The molecule has 3 rings (SSSR count). The van der Waals surface area contributed by atoms with Crippen LogP contribution < -0.4 is 5.73 Å². The number of halogens is 1. The number of nitrogen functional groups attached to an aromatic ring is 1. The SMILES string of the molecule is COC[C@@]12CC[C@@](COC)(C[C@H](c3ccc(N)c(Br)c3)C1)O2. The molecule has 0 radical (unpaired) electrons. The smallest absolute Gasteiger partial charge is 0.0930 e. The van der Waals surface area contributed by atoms with Crippen molar-refractivity contribution >= 4 is 21.6 Å². The average Bonchev–Trinajstić information content (AvgIpc) is 2.74. The fourth-order valence-electron chi connectivity index (χ4n) is 4.15. The number of anilines is 1. The van der Waals surface area contributed by atoms with E-state index in [0.717, 1.165) is 35.8 Å². The Labute approximate surface area is 140 Å². The van der Waals surface area contributed by atoms with Gasteiger partial charge in [-0.15, -0.1) is 0 Å². The average molecular weight is 370 g/mol. The molecule has 2 bridgehead atoms. The van der Waals surface area contributed by atoms with Crippen molar-refractivity contribution in [1.82, 2.24) is 0 Å². The van der Waals surface area contributed by atoms with Crippen molar-refractivity contribution in [1.29, 1.82) is 0 Å². The number of hydrogen-bond donors (Lipinski definition) is 1. The second-order valence-corrected chi connectivity index (χ2v) is 7.57. The zero-order valence-electron chi connectivity index (χ0n) is 13.2. The molecular weight excluding hydrogens is 346 g/mol. The Bertz CT molecular complexity index is 531. The number of rotatable bonds is 5. The van der Waals surface area contributed by atoms with Gasteiger partial charge in [0, 0.05) is 24.4 Å². The zero-order chi connectivity index (χ0) is 15.8. The van der Waals surface area contributed by atoms with Crippen LogP contribution in [0, 0.1) is 0 Å². The second-order valence-electron chi connectivity index (χ2n) is 6.72. The van der Waals surface area contributed by atoms with Crippen LogP contribution in [0.3, 0.4) is 0 Å². The summed E-state index contributed by atoms with van der Waals surface area (Å²) in [5, 5.41) is 0. The lowest BCUT2D eigenvalue weighted by Crippen LogP contribution is -2.48. The predicted molar refractivity (Wildman–Crippen MR) is 90.1 cm³/mol. The quantitative estimate of drug-likeness (QED) is 0.807. The number of fused-ring (bicyclic) bond motifs is 2. The number of nitrogens with two attached hydrogens (primary N) is 1. The maximum atomic E-state index is 6.47. The standard InChI is InChI=1S/C17H24BrNO3/c1-20-10-16-5-6-17(22-16,11-21-2)9-13(8-16)12-3-4-15(19)14(18)7-12/h3-4,7,13H,5-6,8-11,19H2,1-2H3/t13-,16-,17+. The van der Waals surface area contributed by atoms with Crippen LogP contribution >= 0.6 is 15.9 Å². The van der Waals surface area contributed by atoms with Crippen molar-refractivity contribution in [2.45, 2.75) is 42.8 Å². The highest BCUT2D eigenvalue weighted by atomic mass is 79.9. The van der Waals surface area contributed by atoms with Crippen LogP contribution in [0.1, 0.15) is 37.2 Å². The first-order valence-corrected chi connectivity index (χ1v) is 8.54. The highest BCUT2D eigenvalue weighted by molar-refractivity contribution is 9.10. The van der Waals surface area contributed by atoms with Gasteiger partial charge in [0.05, 0.1) is 24.4 Å². The molecular formula is C17H24BrNO3. The van der Waals surface area contributed by atoms with Crippen LogP contribution in [-0.4, -0.2) is 38.6 Å². The van der Waals surface area contributed by atoms with Crippen molar-refractivity contribution in [3.05, 3.63) is 28.2 Å². The lowest BCUT2D eigenvalue weighted by atomic mass is 9.80. The van der Waals surface area contributed by atoms with Gasteiger partial charge in [0.2, 0.25) is 0 Å². The maximum Gasteiger partial charge on any atom is 0.0930 e. The fourth-order valence-corrected chi connectivity index (χ4v) is 4.55. The number of ether oxygens (including phenoxy) is 3. The van der Waals surface area contributed by atoms with Crippen LogP contribution in [0.2, 0.25) is 0 Å². The summed E-state index contributed by atoms with van der Waals surface area (Å²) in [4.78, 5) is 0. The Hall–Kier alpha value is -0.620. The van der Waals surface area contributed by atoms with Gasteiger partial charge in [-0.1, -0.05) is 6.07 Å². The summed E-state index contributed by atoms with van der Waals surface area (Å²) in [6, 6.07) is 6.26. The highest BCUT2D eigenvalue weighted by Gasteiger charge is 2.55. The summed E-state index contributed by atoms with van der Waals surface area (Å²) in [5.41, 5.74) is 7.66. The Balaban J connectivity index is 1.90. The summed E-state index contributed by atoms with van der Waals surface area (Å²) in [5.74, 6) is 0.443. The Morgan fingerprint density at radius 3 is 2.27 bits per heavy atom. The fraction of sp³-hybridized carbons (Fsp3) is 0.647. The van der Waals surface area contributed by atoms with Gasteiger partial charge in [0.25, 0.3) is 0 Å². The molecule has 122 valence electrons. The van der Waals surface area contributed by atoms with Gasteiger partial charge >= 0.3 is 0 Å². The van der Waals surface area contributed by atoms with E-state index in [1.165, 1.54) is 5.56 Å². The molecule has 0 aromatic heterocycles. The highest BCUT2D eigenvalue weighted by Crippen LogP contribution is 2.53. The van der Waals surface area contributed by atoms with E-state index in [2.05, 4.69) is 28.1 Å². The molecule has 0 spiro atoms. The molecule has 2 aliphatic rings. The molecule has 1 aromatic carbocycles. The van der Waals surface area contributed by atoms with Gasteiger partial charge < -0.3 is 19.9 Å². The Morgan fingerprint density at radius 1 is 1.18 bits per heavy atom. The molecule has 2 heterocycles. The van der Waals surface area contributed by atoms with Crippen LogP contribution in [-0.2, 0) is 14.2 Å². The molecule has 0 amide bonds. The first kappa shape index (κ1) is 16.2. The van der Waals surface area contributed by atoms with E-state index in [-0.39, 0.29) is 11.2 Å². The van der Waals surface area contributed by atoms with Crippen molar-refractivity contribution in [3.63, 3.8) is 0 Å². The minimum Gasteiger partial charge on any atom is -0.398 e. The topological polar surface area (TPSA) is 53.7 Å².